The fraction of sp³-hybridized carbons (Fsp3) is 0.429. The minimum atomic E-state index is -0.620. The molecule has 0 spiro atoms. The van der Waals surface area contributed by atoms with Crippen molar-refractivity contribution in [2.45, 2.75) is 12.8 Å². The number of nitrogens with zero attached hydrogens (tertiary/aromatic N) is 1. The highest BCUT2D eigenvalue weighted by molar-refractivity contribution is 9.10. The number of anilines is 1. The zero-order valence-corrected chi connectivity index (χ0v) is 12.6. The lowest BCUT2D eigenvalue weighted by molar-refractivity contribution is -0.144. The second kappa shape index (κ2) is 6.85. The first-order chi connectivity index (χ1) is 9.60. The number of hydrogen-bond donors (Lipinski definition) is 2. The van der Waals surface area contributed by atoms with E-state index in [1.807, 2.05) is 6.07 Å². The molecule has 0 unspecified atom stereocenters. The molecule has 5 nitrogen and oxygen atoms in total. The first-order valence-electron chi connectivity index (χ1n) is 6.57. The van der Waals surface area contributed by atoms with Crippen molar-refractivity contribution in [2.75, 3.05) is 25.0 Å². The number of hydrogen-bond acceptors (Lipinski definition) is 3. The molecule has 0 aliphatic carbocycles. The Morgan fingerprint density at radius 3 is 2.65 bits per heavy atom. The lowest BCUT2D eigenvalue weighted by atomic mass is 9.98. The molecule has 2 amide bonds. The van der Waals surface area contributed by atoms with E-state index in [0.717, 1.165) is 17.3 Å². The van der Waals surface area contributed by atoms with Crippen molar-refractivity contribution in [2.24, 2.45) is 5.92 Å². The molecule has 2 N–H and O–H groups in total. The van der Waals surface area contributed by atoms with Crippen molar-refractivity contribution in [3.63, 3.8) is 0 Å². The Balaban J connectivity index is 1.91. The van der Waals surface area contributed by atoms with Gasteiger partial charge in [-0.3, -0.25) is 9.59 Å². The van der Waals surface area contributed by atoms with Gasteiger partial charge in [0.05, 0.1) is 0 Å². The molecule has 108 valence electrons. The van der Waals surface area contributed by atoms with Crippen LogP contribution in [-0.2, 0) is 9.59 Å². The number of halogens is 1. The van der Waals surface area contributed by atoms with E-state index < -0.39 is 11.8 Å². The van der Waals surface area contributed by atoms with E-state index in [-0.39, 0.29) is 12.5 Å². The summed E-state index contributed by atoms with van der Waals surface area (Å²) in [7, 11) is 0. The molecule has 1 aromatic carbocycles. The summed E-state index contributed by atoms with van der Waals surface area (Å²) in [5.74, 6) is -0.890. The van der Waals surface area contributed by atoms with E-state index in [1.165, 1.54) is 0 Å². The van der Waals surface area contributed by atoms with Crippen molar-refractivity contribution in [3.05, 3.63) is 28.7 Å². The van der Waals surface area contributed by atoms with Gasteiger partial charge in [0.15, 0.2) is 0 Å². The normalized spacial score (nSPS) is 16.0. The summed E-state index contributed by atoms with van der Waals surface area (Å²) in [5.41, 5.74) is 0.586. The highest BCUT2D eigenvalue weighted by Gasteiger charge is 2.26. The number of aliphatic hydroxyl groups is 1. The lowest BCUT2D eigenvalue weighted by Gasteiger charge is -2.30. The Bertz CT molecular complexity index is 499. The van der Waals surface area contributed by atoms with Gasteiger partial charge in [-0.25, -0.2) is 0 Å². The van der Waals surface area contributed by atoms with Crippen LogP contribution in [0, 0.1) is 5.92 Å². The minimum absolute atomic E-state index is 0.145. The number of benzene rings is 1. The fourth-order valence-electron chi connectivity index (χ4n) is 2.21. The van der Waals surface area contributed by atoms with Crippen LogP contribution in [0.2, 0.25) is 0 Å². The van der Waals surface area contributed by atoms with Crippen molar-refractivity contribution in [3.8, 4) is 0 Å². The number of rotatable bonds is 2. The maximum absolute atomic E-state index is 12.0. The summed E-state index contributed by atoms with van der Waals surface area (Å²) in [6, 6.07) is 7.10. The van der Waals surface area contributed by atoms with Crippen LogP contribution in [0.1, 0.15) is 12.8 Å². The van der Waals surface area contributed by atoms with Crippen LogP contribution < -0.4 is 5.32 Å². The Labute approximate surface area is 126 Å². The number of piperidine rings is 1. The van der Waals surface area contributed by atoms with Crippen LogP contribution in [-0.4, -0.2) is 41.5 Å². The monoisotopic (exact) mass is 340 g/mol. The van der Waals surface area contributed by atoms with Gasteiger partial charge < -0.3 is 15.3 Å². The number of likely N-dealkylation sites (tertiary alicyclic amines) is 1. The van der Waals surface area contributed by atoms with Gasteiger partial charge in [0.1, 0.15) is 0 Å². The molecule has 1 aliphatic heterocycles. The van der Waals surface area contributed by atoms with Gasteiger partial charge in [-0.2, -0.15) is 0 Å². The summed E-state index contributed by atoms with van der Waals surface area (Å²) in [6.07, 6.45) is 1.48. The number of aliphatic hydroxyl groups excluding tert-OH is 1. The SMILES string of the molecule is O=C(Nc1cccc(Br)c1)C(=O)N1CCC(CO)CC1. The minimum Gasteiger partial charge on any atom is -0.396 e. The van der Waals surface area contributed by atoms with Gasteiger partial charge in [-0.05, 0) is 37.0 Å². The van der Waals surface area contributed by atoms with Gasteiger partial charge in [0.25, 0.3) is 0 Å². The van der Waals surface area contributed by atoms with Crippen LogP contribution in [0.5, 0.6) is 0 Å². The summed E-state index contributed by atoms with van der Waals surface area (Å²) in [6.45, 7) is 1.19. The molecule has 0 aromatic heterocycles. The van der Waals surface area contributed by atoms with Crippen molar-refractivity contribution >= 4 is 33.4 Å². The van der Waals surface area contributed by atoms with E-state index in [1.54, 1.807) is 23.1 Å². The van der Waals surface area contributed by atoms with Crippen LogP contribution in [0.15, 0.2) is 28.7 Å². The third kappa shape index (κ3) is 3.80. The number of nitrogens with one attached hydrogen (secondary N) is 1. The zero-order chi connectivity index (χ0) is 14.5. The Hall–Kier alpha value is -1.40. The molecule has 0 atom stereocenters. The summed E-state index contributed by atoms with van der Waals surface area (Å²) < 4.78 is 0.839. The van der Waals surface area contributed by atoms with E-state index in [4.69, 9.17) is 5.11 Å². The predicted octanol–water partition coefficient (Wildman–Crippen LogP) is 1.62. The first kappa shape index (κ1) is 15.0. The predicted molar refractivity (Wildman–Crippen MR) is 79.2 cm³/mol. The van der Waals surface area contributed by atoms with Gasteiger partial charge in [0.2, 0.25) is 0 Å². The Morgan fingerprint density at radius 2 is 2.05 bits per heavy atom. The smallest absolute Gasteiger partial charge is 0.313 e. The second-order valence-electron chi connectivity index (χ2n) is 4.88. The van der Waals surface area contributed by atoms with Gasteiger partial charge >= 0.3 is 11.8 Å². The third-order valence-electron chi connectivity index (χ3n) is 3.44. The number of carbonyl (C=O) groups is 2. The molecule has 20 heavy (non-hydrogen) atoms. The summed E-state index contributed by atoms with van der Waals surface area (Å²) >= 11 is 3.31. The molecule has 2 rings (SSSR count). The lowest BCUT2D eigenvalue weighted by Crippen LogP contribution is -2.44. The highest BCUT2D eigenvalue weighted by Crippen LogP contribution is 2.18. The van der Waals surface area contributed by atoms with E-state index in [2.05, 4.69) is 21.2 Å². The van der Waals surface area contributed by atoms with Crippen LogP contribution in [0.25, 0.3) is 0 Å². The maximum atomic E-state index is 12.0. The quantitative estimate of drug-likeness (QED) is 0.803. The Kier molecular flexibility index (Phi) is 5.14. The summed E-state index contributed by atoms with van der Waals surface area (Å²) in [5, 5.41) is 11.7. The first-order valence-corrected chi connectivity index (χ1v) is 7.36. The number of carbonyl (C=O) groups excluding carboxylic acids is 2. The van der Waals surface area contributed by atoms with Crippen LogP contribution >= 0.6 is 15.9 Å². The van der Waals surface area contributed by atoms with Crippen molar-refractivity contribution in [1.29, 1.82) is 0 Å². The highest BCUT2D eigenvalue weighted by atomic mass is 79.9. The molecule has 0 radical (unpaired) electrons. The van der Waals surface area contributed by atoms with E-state index in [9.17, 15) is 9.59 Å². The van der Waals surface area contributed by atoms with Gasteiger partial charge in [0, 0.05) is 29.9 Å². The molecule has 1 aromatic rings. The van der Waals surface area contributed by atoms with E-state index >= 15 is 0 Å². The average Bonchev–Trinajstić information content (AvgIpc) is 2.46. The van der Waals surface area contributed by atoms with Crippen LogP contribution in [0.4, 0.5) is 5.69 Å². The van der Waals surface area contributed by atoms with Crippen molar-refractivity contribution in [1.82, 2.24) is 4.90 Å². The summed E-state index contributed by atoms with van der Waals surface area (Å²) in [4.78, 5) is 25.5. The molecule has 1 heterocycles. The molecule has 6 heteroatoms. The fourth-order valence-corrected chi connectivity index (χ4v) is 2.61. The Morgan fingerprint density at radius 1 is 1.35 bits per heavy atom. The molecular formula is C14H17BrN2O3. The van der Waals surface area contributed by atoms with Gasteiger partial charge in [-0.15, -0.1) is 0 Å². The third-order valence-corrected chi connectivity index (χ3v) is 3.93. The molecule has 0 bridgehead atoms. The molecule has 1 aliphatic rings. The molecular weight excluding hydrogens is 324 g/mol. The van der Waals surface area contributed by atoms with Gasteiger partial charge in [-0.1, -0.05) is 22.0 Å². The topological polar surface area (TPSA) is 69.6 Å². The zero-order valence-electron chi connectivity index (χ0n) is 11.0. The standard InChI is InChI=1S/C14H17BrN2O3/c15-11-2-1-3-12(8-11)16-13(19)14(20)17-6-4-10(9-18)5-7-17/h1-3,8,10,18H,4-7,9H2,(H,16,19). The number of amides is 2. The second-order valence-corrected chi connectivity index (χ2v) is 5.80. The van der Waals surface area contributed by atoms with Crippen molar-refractivity contribution < 1.29 is 14.7 Å². The average molecular weight is 341 g/mol. The molecule has 0 saturated carbocycles. The van der Waals surface area contributed by atoms with Crippen LogP contribution in [0.3, 0.4) is 0 Å². The molecule has 1 saturated heterocycles. The molecule has 1 fully saturated rings. The largest absolute Gasteiger partial charge is 0.396 e. The van der Waals surface area contributed by atoms with E-state index in [0.29, 0.717) is 18.8 Å². The maximum Gasteiger partial charge on any atom is 0.313 e.